The number of hydrogen-bond donors (Lipinski definition) is 0. The lowest BCUT2D eigenvalue weighted by molar-refractivity contribution is 0.0294. The average Bonchev–Trinajstić information content (AvgIpc) is 3.81. The molecule has 1 aliphatic heterocycles. The number of aromatic nitrogens is 3. The van der Waals surface area contributed by atoms with Crippen LogP contribution in [0.5, 0.6) is 11.5 Å². The number of alkyl halides is 1. The van der Waals surface area contributed by atoms with Crippen LogP contribution in [-0.2, 0) is 52.6 Å². The molecule has 358 valence electrons. The van der Waals surface area contributed by atoms with Crippen molar-refractivity contribution in [3.63, 3.8) is 0 Å². The lowest BCUT2D eigenvalue weighted by Gasteiger charge is -2.36. The number of rotatable bonds is 19. The SMILES string of the molecule is CCOC(=O)c1c(CCCOc2cccc3ccccc23)c2cccc(-c3c(COc4ccc(N5CCN(S(=O)N(C)C)CC5)cc4)nn(C)c3CBr)c2n1CCCN(C)C(=O)OC(C)(C)C. The first kappa shape index (κ1) is 49.5. The number of fused-ring (bicyclic) bond motifs is 2. The quantitative estimate of drug-likeness (QED) is 0.0444. The van der Waals surface area contributed by atoms with Gasteiger partial charge in [0.15, 0.2) is 11.2 Å². The second-order valence-electron chi connectivity index (χ2n) is 17.9. The Balaban J connectivity index is 1.21. The third-order valence-electron chi connectivity index (χ3n) is 11.8. The highest BCUT2D eigenvalue weighted by Crippen LogP contribution is 2.40. The van der Waals surface area contributed by atoms with Gasteiger partial charge in [-0.3, -0.25) is 4.68 Å². The van der Waals surface area contributed by atoms with Crippen LogP contribution in [0.3, 0.4) is 0 Å². The van der Waals surface area contributed by atoms with E-state index in [1.807, 2.05) is 100 Å². The van der Waals surface area contributed by atoms with Crippen LogP contribution < -0.4 is 14.4 Å². The zero-order valence-electron chi connectivity index (χ0n) is 40.0. The first-order chi connectivity index (χ1) is 32.2. The Kier molecular flexibility index (Phi) is 16.3. The van der Waals surface area contributed by atoms with E-state index >= 15 is 0 Å². The van der Waals surface area contributed by atoms with Crippen LogP contribution in [0.2, 0.25) is 0 Å². The van der Waals surface area contributed by atoms with E-state index in [2.05, 4.69) is 67.9 Å². The number of amides is 1. The van der Waals surface area contributed by atoms with Crippen molar-refractivity contribution in [3.8, 4) is 22.6 Å². The largest absolute Gasteiger partial charge is 0.493 e. The van der Waals surface area contributed by atoms with E-state index in [9.17, 15) is 13.8 Å². The molecule has 7 rings (SSSR count). The molecule has 67 heavy (non-hydrogen) atoms. The standard InChI is InChI=1S/C51H64BrN7O7S/c1-9-63-49(60)48-41(21-14-33-64-45-22-12-17-36-16-10-11-18-39(36)45)40-19-13-20-42(47(40)59(48)28-15-27-55(7)50(61)66-51(2,3)4)46-43(53-56(8)44(46)34-52)35-65-38-25-23-37(24-26-38)57-29-31-58(32-30-57)67(62)54(5)6/h10-13,16-20,22-26H,9,14-15,21,27-35H2,1-8H3. The molecule has 16 heteroatoms. The summed E-state index contributed by atoms with van der Waals surface area (Å²) in [6.07, 6.45) is 1.33. The Morgan fingerprint density at radius 2 is 1.57 bits per heavy atom. The van der Waals surface area contributed by atoms with E-state index in [1.54, 1.807) is 16.3 Å². The van der Waals surface area contributed by atoms with Gasteiger partial charge in [-0.25, -0.2) is 22.4 Å². The molecule has 1 unspecified atom stereocenters. The molecule has 2 aromatic heterocycles. The molecule has 1 aliphatic rings. The van der Waals surface area contributed by atoms with Crippen molar-refractivity contribution in [2.45, 2.75) is 71.0 Å². The summed E-state index contributed by atoms with van der Waals surface area (Å²) < 4.78 is 44.7. The summed E-state index contributed by atoms with van der Waals surface area (Å²) in [5, 5.41) is 8.64. The second kappa shape index (κ2) is 22.1. The Hall–Kier alpha value is -5.42. The minimum absolute atomic E-state index is 0.200. The van der Waals surface area contributed by atoms with Gasteiger partial charge in [0.05, 0.1) is 24.4 Å². The van der Waals surface area contributed by atoms with Crippen molar-refractivity contribution in [2.24, 2.45) is 7.05 Å². The predicted molar refractivity (Wildman–Crippen MR) is 270 cm³/mol. The molecule has 0 spiro atoms. The fraction of sp³-hybridized carbons (Fsp3) is 0.431. The van der Waals surface area contributed by atoms with Gasteiger partial charge in [-0.2, -0.15) is 5.10 Å². The molecule has 0 bridgehead atoms. The normalized spacial score (nSPS) is 13.9. The summed E-state index contributed by atoms with van der Waals surface area (Å²) >= 11 is 2.63. The van der Waals surface area contributed by atoms with Crippen LogP contribution in [0.15, 0.2) is 84.9 Å². The maximum atomic E-state index is 14.3. The summed E-state index contributed by atoms with van der Waals surface area (Å²) in [5.41, 5.74) is 6.24. The first-order valence-electron chi connectivity index (χ1n) is 23.0. The van der Waals surface area contributed by atoms with Crippen LogP contribution in [-0.4, -0.2) is 117 Å². The number of halogens is 1. The Morgan fingerprint density at radius 1 is 0.866 bits per heavy atom. The van der Waals surface area contributed by atoms with Gasteiger partial charge < -0.3 is 33.3 Å². The van der Waals surface area contributed by atoms with Gasteiger partial charge in [-0.05, 0) is 88.2 Å². The molecular formula is C51H64BrN7O7S. The van der Waals surface area contributed by atoms with Gasteiger partial charge in [-0.1, -0.05) is 70.5 Å². The Bertz CT molecular complexity index is 2680. The molecule has 1 amide bonds. The fourth-order valence-corrected chi connectivity index (χ4v) is 10.2. The third-order valence-corrected chi connectivity index (χ3v) is 13.8. The van der Waals surface area contributed by atoms with Gasteiger partial charge in [0.2, 0.25) is 0 Å². The van der Waals surface area contributed by atoms with Crippen molar-refractivity contribution < 1.29 is 32.7 Å². The number of hydrogen-bond acceptors (Lipinski definition) is 9. The zero-order chi connectivity index (χ0) is 47.8. The van der Waals surface area contributed by atoms with E-state index in [0.717, 1.165) is 74.3 Å². The number of piperazine rings is 1. The maximum Gasteiger partial charge on any atom is 0.410 e. The number of benzene rings is 4. The number of nitrogens with zero attached hydrogens (tertiary/aromatic N) is 7. The lowest BCUT2D eigenvalue weighted by Crippen LogP contribution is -2.49. The van der Waals surface area contributed by atoms with Gasteiger partial charge in [-0.15, -0.1) is 0 Å². The highest BCUT2D eigenvalue weighted by Gasteiger charge is 2.29. The van der Waals surface area contributed by atoms with Crippen molar-refractivity contribution in [2.75, 3.05) is 72.0 Å². The predicted octanol–water partition coefficient (Wildman–Crippen LogP) is 9.38. The average molecular weight is 999 g/mol. The van der Waals surface area contributed by atoms with Gasteiger partial charge in [0.25, 0.3) is 0 Å². The number of para-hydroxylation sites is 1. The highest BCUT2D eigenvalue weighted by atomic mass is 79.9. The Labute approximate surface area is 405 Å². The van der Waals surface area contributed by atoms with E-state index in [4.69, 9.17) is 24.0 Å². The molecule has 14 nitrogen and oxygen atoms in total. The monoisotopic (exact) mass is 997 g/mol. The van der Waals surface area contributed by atoms with Crippen LogP contribution >= 0.6 is 15.9 Å². The van der Waals surface area contributed by atoms with Crippen LogP contribution in [0.1, 0.15) is 68.0 Å². The van der Waals surface area contributed by atoms with Gasteiger partial charge >= 0.3 is 12.1 Å². The van der Waals surface area contributed by atoms with Crippen molar-refractivity contribution in [3.05, 3.63) is 108 Å². The molecule has 1 fully saturated rings. The maximum absolute atomic E-state index is 14.3. The molecule has 3 heterocycles. The summed E-state index contributed by atoms with van der Waals surface area (Å²) in [7, 11) is 7.33. The minimum atomic E-state index is -1.14. The first-order valence-corrected chi connectivity index (χ1v) is 25.2. The highest BCUT2D eigenvalue weighted by molar-refractivity contribution is 9.08. The molecule has 1 atom stereocenters. The van der Waals surface area contributed by atoms with Crippen LogP contribution in [0.4, 0.5) is 10.5 Å². The molecular weight excluding hydrogens is 935 g/mol. The molecule has 0 saturated carbocycles. The van der Waals surface area contributed by atoms with Crippen molar-refractivity contribution in [1.82, 2.24) is 27.9 Å². The van der Waals surface area contributed by atoms with Crippen molar-refractivity contribution in [1.29, 1.82) is 0 Å². The molecule has 0 N–H and O–H groups in total. The van der Waals surface area contributed by atoms with Crippen LogP contribution in [0, 0.1) is 0 Å². The smallest absolute Gasteiger partial charge is 0.410 e. The summed E-state index contributed by atoms with van der Waals surface area (Å²) in [5.74, 6) is 1.13. The fourth-order valence-electron chi connectivity index (χ4n) is 8.66. The topological polar surface area (TPSA) is 124 Å². The van der Waals surface area contributed by atoms with Gasteiger partial charge in [0.1, 0.15) is 35.1 Å². The zero-order valence-corrected chi connectivity index (χ0v) is 42.5. The Morgan fingerprint density at radius 3 is 2.27 bits per heavy atom. The summed E-state index contributed by atoms with van der Waals surface area (Å²) in [6, 6.07) is 28.5. The minimum Gasteiger partial charge on any atom is -0.493 e. The summed E-state index contributed by atoms with van der Waals surface area (Å²) in [4.78, 5) is 31.2. The molecule has 0 aliphatic carbocycles. The van der Waals surface area contributed by atoms with E-state index < -0.39 is 28.8 Å². The number of carbonyl (C=O) groups is 2. The van der Waals surface area contributed by atoms with Gasteiger partial charge in [0, 0.05) is 100 Å². The van der Waals surface area contributed by atoms with Crippen LogP contribution in [0.25, 0.3) is 32.8 Å². The number of anilines is 1. The molecule has 1 saturated heterocycles. The lowest BCUT2D eigenvalue weighted by atomic mass is 9.98. The third kappa shape index (κ3) is 11.7. The van der Waals surface area contributed by atoms with Crippen molar-refractivity contribution >= 4 is 66.5 Å². The van der Waals surface area contributed by atoms with E-state index in [-0.39, 0.29) is 13.2 Å². The molecule has 6 aromatic rings. The number of aryl methyl sites for hydroxylation is 3. The van der Waals surface area contributed by atoms with E-state index in [0.29, 0.717) is 68.8 Å². The number of esters is 1. The summed E-state index contributed by atoms with van der Waals surface area (Å²) in [6.45, 7) is 12.0. The second-order valence-corrected chi connectivity index (χ2v) is 20.1. The number of ether oxygens (including phenoxy) is 4. The molecule has 4 aromatic carbocycles. The number of carbonyl (C=O) groups excluding carboxylic acids is 2. The van der Waals surface area contributed by atoms with E-state index in [1.165, 1.54) is 0 Å². The molecule has 0 radical (unpaired) electrons.